The zero-order chi connectivity index (χ0) is 16.9. The molecule has 0 bridgehead atoms. The summed E-state index contributed by atoms with van der Waals surface area (Å²) in [5.41, 5.74) is 3.49. The number of pyridine rings is 1. The molecule has 118 valence electrons. The highest BCUT2D eigenvalue weighted by Crippen LogP contribution is 2.19. The van der Waals surface area contributed by atoms with E-state index in [1.165, 1.54) is 0 Å². The van der Waals surface area contributed by atoms with Gasteiger partial charge < -0.3 is 9.30 Å². The van der Waals surface area contributed by atoms with E-state index >= 15 is 0 Å². The minimum Gasteiger partial charge on any atom is -0.497 e. The van der Waals surface area contributed by atoms with Gasteiger partial charge in [0, 0.05) is 12.3 Å². The number of benzene rings is 2. The molecule has 0 aliphatic carbocycles. The molecule has 0 aliphatic heterocycles. The SMILES string of the molecule is COc1ccc(Cn2cc(-c3ccc(C#N)cc3)ccc2=O)cc1. The first-order valence-electron chi connectivity index (χ1n) is 7.53. The second-order valence-electron chi connectivity index (χ2n) is 5.42. The molecular formula is C20H16N2O2. The Balaban J connectivity index is 1.90. The molecule has 3 aromatic rings. The number of nitrogens with zero attached hydrogens (tertiary/aromatic N) is 2. The fourth-order valence-electron chi connectivity index (χ4n) is 2.49. The Morgan fingerprint density at radius 2 is 1.62 bits per heavy atom. The number of hydrogen-bond acceptors (Lipinski definition) is 3. The first kappa shape index (κ1) is 15.6. The molecule has 0 aliphatic rings. The van der Waals surface area contributed by atoms with Crippen molar-refractivity contribution in [2.75, 3.05) is 7.11 Å². The number of methoxy groups -OCH3 is 1. The summed E-state index contributed by atoms with van der Waals surface area (Å²) in [6.07, 6.45) is 1.84. The van der Waals surface area contributed by atoms with Gasteiger partial charge in [0.15, 0.2) is 0 Å². The van der Waals surface area contributed by atoms with Gasteiger partial charge in [-0.25, -0.2) is 0 Å². The third-order valence-corrected chi connectivity index (χ3v) is 3.84. The highest BCUT2D eigenvalue weighted by molar-refractivity contribution is 5.63. The summed E-state index contributed by atoms with van der Waals surface area (Å²) in [7, 11) is 1.63. The lowest BCUT2D eigenvalue weighted by atomic mass is 10.1. The monoisotopic (exact) mass is 316 g/mol. The van der Waals surface area contributed by atoms with Gasteiger partial charge >= 0.3 is 0 Å². The van der Waals surface area contributed by atoms with Crippen LogP contribution in [0.3, 0.4) is 0 Å². The normalized spacial score (nSPS) is 10.2. The van der Waals surface area contributed by atoms with Gasteiger partial charge in [-0.3, -0.25) is 4.79 Å². The van der Waals surface area contributed by atoms with Crippen molar-refractivity contribution in [2.45, 2.75) is 6.54 Å². The Kier molecular flexibility index (Phi) is 4.44. The highest BCUT2D eigenvalue weighted by atomic mass is 16.5. The van der Waals surface area contributed by atoms with E-state index in [0.717, 1.165) is 22.4 Å². The zero-order valence-electron chi connectivity index (χ0n) is 13.3. The number of rotatable bonds is 4. The van der Waals surface area contributed by atoms with Crippen molar-refractivity contribution in [1.29, 1.82) is 5.26 Å². The van der Waals surface area contributed by atoms with E-state index in [4.69, 9.17) is 10.00 Å². The smallest absolute Gasteiger partial charge is 0.250 e. The number of ether oxygens (including phenoxy) is 1. The van der Waals surface area contributed by atoms with Crippen LogP contribution >= 0.6 is 0 Å². The predicted molar refractivity (Wildman–Crippen MR) is 92.9 cm³/mol. The van der Waals surface area contributed by atoms with Crippen LogP contribution in [0.15, 0.2) is 71.7 Å². The lowest BCUT2D eigenvalue weighted by molar-refractivity contribution is 0.414. The first-order chi connectivity index (χ1) is 11.7. The van der Waals surface area contributed by atoms with Crippen molar-refractivity contribution in [3.05, 3.63) is 88.3 Å². The van der Waals surface area contributed by atoms with Crippen molar-refractivity contribution in [2.24, 2.45) is 0 Å². The minimum absolute atomic E-state index is 0.0526. The summed E-state index contributed by atoms with van der Waals surface area (Å²) in [5.74, 6) is 0.789. The quantitative estimate of drug-likeness (QED) is 0.741. The van der Waals surface area contributed by atoms with Crippen molar-refractivity contribution in [3.8, 4) is 22.9 Å². The van der Waals surface area contributed by atoms with Gasteiger partial charge in [-0.15, -0.1) is 0 Å². The molecule has 0 N–H and O–H groups in total. The van der Waals surface area contributed by atoms with Crippen LogP contribution < -0.4 is 10.3 Å². The minimum atomic E-state index is -0.0526. The van der Waals surface area contributed by atoms with Gasteiger partial charge in [0.1, 0.15) is 5.75 Å². The van der Waals surface area contributed by atoms with Crippen molar-refractivity contribution in [3.63, 3.8) is 0 Å². The van der Waals surface area contributed by atoms with E-state index in [-0.39, 0.29) is 5.56 Å². The summed E-state index contributed by atoms with van der Waals surface area (Å²) in [6.45, 7) is 0.493. The van der Waals surface area contributed by atoms with Crippen LogP contribution in [0.4, 0.5) is 0 Å². The van der Waals surface area contributed by atoms with Crippen LogP contribution in [0.5, 0.6) is 5.75 Å². The van der Waals surface area contributed by atoms with Crippen LogP contribution in [-0.2, 0) is 6.54 Å². The van der Waals surface area contributed by atoms with E-state index in [2.05, 4.69) is 6.07 Å². The van der Waals surface area contributed by atoms with Crippen LogP contribution in [0.1, 0.15) is 11.1 Å². The lowest BCUT2D eigenvalue weighted by Crippen LogP contribution is -2.19. The fourth-order valence-corrected chi connectivity index (χ4v) is 2.49. The summed E-state index contributed by atoms with van der Waals surface area (Å²) in [6, 6.07) is 20.4. The standard InChI is InChI=1S/C20H16N2O2/c1-24-19-9-4-16(5-10-19)13-22-14-18(8-11-20(22)23)17-6-2-15(12-21)3-7-17/h2-11,14H,13H2,1H3. The maximum atomic E-state index is 12.1. The molecule has 4 heteroatoms. The molecule has 0 atom stereocenters. The third kappa shape index (κ3) is 3.36. The Bertz CT molecular complexity index is 933. The summed E-state index contributed by atoms with van der Waals surface area (Å²) < 4.78 is 6.82. The van der Waals surface area contributed by atoms with E-state index in [1.807, 2.05) is 42.6 Å². The van der Waals surface area contributed by atoms with E-state index in [9.17, 15) is 4.79 Å². The van der Waals surface area contributed by atoms with E-state index in [0.29, 0.717) is 12.1 Å². The van der Waals surface area contributed by atoms with Gasteiger partial charge in [0.25, 0.3) is 5.56 Å². The van der Waals surface area contributed by atoms with Gasteiger partial charge in [-0.1, -0.05) is 24.3 Å². The number of hydrogen-bond donors (Lipinski definition) is 0. The van der Waals surface area contributed by atoms with E-state index < -0.39 is 0 Å². The average molecular weight is 316 g/mol. The van der Waals surface area contributed by atoms with Crippen LogP contribution in [0.2, 0.25) is 0 Å². The molecule has 24 heavy (non-hydrogen) atoms. The topological polar surface area (TPSA) is 55.0 Å². The first-order valence-corrected chi connectivity index (χ1v) is 7.53. The van der Waals surface area contributed by atoms with Crippen molar-refractivity contribution >= 4 is 0 Å². The summed E-state index contributed by atoms with van der Waals surface area (Å²) in [4.78, 5) is 12.1. The maximum Gasteiger partial charge on any atom is 0.250 e. The average Bonchev–Trinajstić information content (AvgIpc) is 2.64. The summed E-state index contributed by atoms with van der Waals surface area (Å²) >= 11 is 0. The van der Waals surface area contributed by atoms with Crippen molar-refractivity contribution < 1.29 is 4.74 Å². The fraction of sp³-hybridized carbons (Fsp3) is 0.100. The maximum absolute atomic E-state index is 12.1. The molecule has 0 spiro atoms. The molecule has 2 aromatic carbocycles. The van der Waals surface area contributed by atoms with Gasteiger partial charge in [-0.05, 0) is 47.0 Å². The predicted octanol–water partition coefficient (Wildman–Crippen LogP) is 3.44. The lowest BCUT2D eigenvalue weighted by Gasteiger charge is -2.09. The zero-order valence-corrected chi connectivity index (χ0v) is 13.3. The molecule has 0 fully saturated rings. The van der Waals surface area contributed by atoms with Crippen LogP contribution in [0.25, 0.3) is 11.1 Å². The molecule has 0 unspecified atom stereocenters. The van der Waals surface area contributed by atoms with Crippen molar-refractivity contribution in [1.82, 2.24) is 4.57 Å². The molecule has 1 heterocycles. The molecule has 0 amide bonds. The van der Waals surface area contributed by atoms with E-state index in [1.54, 1.807) is 35.9 Å². The highest BCUT2D eigenvalue weighted by Gasteiger charge is 2.03. The van der Waals surface area contributed by atoms with Crippen LogP contribution in [-0.4, -0.2) is 11.7 Å². The summed E-state index contributed by atoms with van der Waals surface area (Å²) in [5, 5.41) is 8.88. The molecule has 4 nitrogen and oxygen atoms in total. The van der Waals surface area contributed by atoms with Gasteiger partial charge in [0.05, 0.1) is 25.3 Å². The molecule has 3 rings (SSSR count). The molecular weight excluding hydrogens is 300 g/mol. The molecule has 0 saturated carbocycles. The molecule has 0 radical (unpaired) electrons. The number of nitriles is 1. The Morgan fingerprint density at radius 1 is 0.958 bits per heavy atom. The molecule has 0 saturated heterocycles. The Labute approximate surface area is 140 Å². The Hall–Kier alpha value is -3.32. The van der Waals surface area contributed by atoms with Gasteiger partial charge in [0.2, 0.25) is 0 Å². The second-order valence-corrected chi connectivity index (χ2v) is 5.42. The van der Waals surface area contributed by atoms with Gasteiger partial charge in [-0.2, -0.15) is 5.26 Å². The largest absolute Gasteiger partial charge is 0.497 e. The second kappa shape index (κ2) is 6.84. The number of aromatic nitrogens is 1. The Morgan fingerprint density at radius 3 is 2.25 bits per heavy atom. The molecule has 1 aromatic heterocycles. The van der Waals surface area contributed by atoms with Crippen LogP contribution in [0, 0.1) is 11.3 Å². The third-order valence-electron chi connectivity index (χ3n) is 3.84.